The van der Waals surface area contributed by atoms with Crippen molar-refractivity contribution in [2.75, 3.05) is 29.1 Å². The Kier molecular flexibility index (Phi) is 7.13. The van der Waals surface area contributed by atoms with Gasteiger partial charge in [0.25, 0.3) is 5.91 Å². The minimum absolute atomic E-state index is 0.260. The zero-order chi connectivity index (χ0) is 23.9. The lowest BCUT2D eigenvalue weighted by atomic mass is 10.1. The van der Waals surface area contributed by atoms with Crippen LogP contribution in [0.2, 0.25) is 0 Å². The average Bonchev–Trinajstić information content (AvgIpc) is 3.29. The molecule has 174 valence electrons. The van der Waals surface area contributed by atoms with E-state index in [0.29, 0.717) is 35.1 Å². The fraction of sp³-hybridized carbons (Fsp3) is 0.185. The van der Waals surface area contributed by atoms with Crippen molar-refractivity contribution in [1.82, 2.24) is 0 Å². The zero-order valence-electron chi connectivity index (χ0n) is 19.0. The third kappa shape index (κ3) is 5.20. The summed E-state index contributed by atoms with van der Waals surface area (Å²) >= 11 is 0. The third-order valence-corrected chi connectivity index (χ3v) is 5.47. The monoisotopic (exact) mass is 457 g/mol. The molecular weight excluding hydrogens is 430 g/mol. The molecule has 1 aromatic heterocycles. The maximum absolute atomic E-state index is 12.5. The van der Waals surface area contributed by atoms with Gasteiger partial charge < -0.3 is 20.2 Å². The molecule has 0 saturated heterocycles. The molecule has 0 atom stereocenters. The molecule has 34 heavy (non-hydrogen) atoms. The molecule has 4 aromatic rings. The number of hydrogen-bond donors (Lipinski definition) is 2. The molecule has 0 aliphatic carbocycles. The topological polar surface area (TPSA) is 97.8 Å². The Hall–Kier alpha value is -4.26. The van der Waals surface area contributed by atoms with Gasteiger partial charge in [-0.2, -0.15) is 0 Å². The molecule has 3 aromatic carbocycles. The highest BCUT2D eigenvalue weighted by atomic mass is 16.5. The number of aryl methyl sites for hydroxylation is 1. The van der Waals surface area contributed by atoms with Crippen LogP contribution in [0.1, 0.15) is 29.3 Å². The molecule has 0 aliphatic rings. The summed E-state index contributed by atoms with van der Waals surface area (Å²) in [7, 11) is 0. The smallest absolute Gasteiger partial charge is 0.255 e. The second-order valence-corrected chi connectivity index (χ2v) is 7.88. The SMILES string of the molecule is CCCc1cccc2cc(N(C=O)CCOc3ccc(C(=O)Nc4ccccc4N)cc3)oc12. The Balaban J connectivity index is 1.35. The van der Waals surface area contributed by atoms with Crippen LogP contribution in [0.4, 0.5) is 17.3 Å². The first-order valence-electron chi connectivity index (χ1n) is 11.2. The number of amides is 2. The number of carbonyl (C=O) groups excluding carboxylic acids is 2. The number of nitrogen functional groups attached to an aromatic ring is 1. The highest BCUT2D eigenvalue weighted by molar-refractivity contribution is 6.05. The van der Waals surface area contributed by atoms with Crippen molar-refractivity contribution in [3.8, 4) is 5.75 Å². The molecule has 7 heteroatoms. The van der Waals surface area contributed by atoms with Crippen LogP contribution >= 0.6 is 0 Å². The summed E-state index contributed by atoms with van der Waals surface area (Å²) in [6.45, 7) is 2.71. The van der Waals surface area contributed by atoms with E-state index in [1.54, 1.807) is 48.5 Å². The van der Waals surface area contributed by atoms with Gasteiger partial charge in [-0.25, -0.2) is 0 Å². The van der Waals surface area contributed by atoms with E-state index in [2.05, 4.69) is 12.2 Å². The maximum atomic E-state index is 12.5. The summed E-state index contributed by atoms with van der Waals surface area (Å²) in [5, 5.41) is 3.76. The van der Waals surface area contributed by atoms with Crippen molar-refractivity contribution in [2.24, 2.45) is 0 Å². The number of para-hydroxylation sites is 3. The standard InChI is InChI=1S/C27H27N3O4/c1-2-6-19-7-5-8-21-17-25(34-26(19)21)30(18-31)15-16-33-22-13-11-20(12-14-22)27(32)29-24-10-4-3-9-23(24)28/h3-5,7-14,17-18H,2,6,15-16,28H2,1H3,(H,29,32). The van der Waals surface area contributed by atoms with E-state index in [1.165, 1.54) is 4.90 Å². The molecule has 0 aliphatic heterocycles. The molecule has 0 fully saturated rings. The van der Waals surface area contributed by atoms with Crippen LogP contribution in [0, 0.1) is 0 Å². The van der Waals surface area contributed by atoms with Crippen LogP contribution in [0.5, 0.6) is 5.75 Å². The lowest BCUT2D eigenvalue weighted by Gasteiger charge is -2.15. The zero-order valence-corrected chi connectivity index (χ0v) is 19.0. The van der Waals surface area contributed by atoms with Gasteiger partial charge in [-0.15, -0.1) is 0 Å². The number of nitrogens with two attached hydrogens (primary N) is 1. The van der Waals surface area contributed by atoms with Gasteiger partial charge in [0.15, 0.2) is 0 Å². The van der Waals surface area contributed by atoms with E-state index in [9.17, 15) is 9.59 Å². The van der Waals surface area contributed by atoms with Crippen LogP contribution < -0.4 is 20.7 Å². The molecule has 3 N–H and O–H groups in total. The van der Waals surface area contributed by atoms with Crippen LogP contribution in [0.15, 0.2) is 77.2 Å². The number of nitrogens with one attached hydrogen (secondary N) is 1. The largest absolute Gasteiger partial charge is 0.492 e. The van der Waals surface area contributed by atoms with Crippen LogP contribution in [0.3, 0.4) is 0 Å². The third-order valence-electron chi connectivity index (χ3n) is 5.47. The van der Waals surface area contributed by atoms with Gasteiger partial charge in [-0.05, 0) is 48.4 Å². The van der Waals surface area contributed by atoms with Crippen LogP contribution in [-0.2, 0) is 11.2 Å². The molecule has 1 heterocycles. The number of ether oxygens (including phenoxy) is 1. The first kappa shape index (κ1) is 22.9. The van der Waals surface area contributed by atoms with E-state index in [0.717, 1.165) is 35.8 Å². The molecule has 0 spiro atoms. The average molecular weight is 458 g/mol. The number of nitrogens with zero attached hydrogens (tertiary/aromatic N) is 1. The molecule has 2 amide bonds. The molecule has 0 bridgehead atoms. The fourth-order valence-electron chi connectivity index (χ4n) is 3.70. The van der Waals surface area contributed by atoms with Gasteiger partial charge in [0.05, 0.1) is 17.9 Å². The fourth-order valence-corrected chi connectivity index (χ4v) is 3.70. The van der Waals surface area contributed by atoms with Gasteiger partial charge in [0, 0.05) is 17.0 Å². The first-order valence-corrected chi connectivity index (χ1v) is 11.2. The molecule has 0 unspecified atom stereocenters. The van der Waals surface area contributed by atoms with Crippen molar-refractivity contribution in [3.05, 3.63) is 83.9 Å². The molecule has 0 saturated carbocycles. The van der Waals surface area contributed by atoms with E-state index in [1.807, 2.05) is 24.3 Å². The second-order valence-electron chi connectivity index (χ2n) is 7.88. The van der Waals surface area contributed by atoms with E-state index in [-0.39, 0.29) is 12.5 Å². The summed E-state index contributed by atoms with van der Waals surface area (Å²) < 4.78 is 11.8. The lowest BCUT2D eigenvalue weighted by molar-refractivity contribution is -0.107. The Bertz CT molecular complexity index is 1280. The van der Waals surface area contributed by atoms with Crippen molar-refractivity contribution in [1.29, 1.82) is 0 Å². The first-order chi connectivity index (χ1) is 16.6. The number of hydrogen-bond acceptors (Lipinski definition) is 5. The summed E-state index contributed by atoms with van der Waals surface area (Å²) in [4.78, 5) is 25.6. The van der Waals surface area contributed by atoms with Gasteiger partial charge >= 0.3 is 0 Å². The molecule has 4 rings (SSSR count). The second kappa shape index (κ2) is 10.6. The number of fused-ring (bicyclic) bond motifs is 1. The Labute approximate surface area is 198 Å². The Morgan fingerprint density at radius 2 is 1.88 bits per heavy atom. The van der Waals surface area contributed by atoms with Crippen molar-refractivity contribution in [2.45, 2.75) is 19.8 Å². The number of carbonyl (C=O) groups is 2. The van der Waals surface area contributed by atoms with Crippen molar-refractivity contribution < 1.29 is 18.7 Å². The normalized spacial score (nSPS) is 10.7. The molecule has 7 nitrogen and oxygen atoms in total. The van der Waals surface area contributed by atoms with E-state index < -0.39 is 0 Å². The lowest BCUT2D eigenvalue weighted by Crippen LogP contribution is -2.26. The van der Waals surface area contributed by atoms with E-state index >= 15 is 0 Å². The minimum atomic E-state index is -0.260. The highest BCUT2D eigenvalue weighted by Gasteiger charge is 2.14. The minimum Gasteiger partial charge on any atom is -0.492 e. The highest BCUT2D eigenvalue weighted by Crippen LogP contribution is 2.29. The summed E-state index contributed by atoms with van der Waals surface area (Å²) in [6.07, 6.45) is 2.67. The Morgan fingerprint density at radius 1 is 1.09 bits per heavy atom. The quantitative estimate of drug-likeness (QED) is 0.250. The Morgan fingerprint density at radius 3 is 2.62 bits per heavy atom. The van der Waals surface area contributed by atoms with Crippen LogP contribution in [0.25, 0.3) is 11.0 Å². The number of furan rings is 1. The predicted octanol–water partition coefficient (Wildman–Crippen LogP) is 5.26. The van der Waals surface area contributed by atoms with Crippen molar-refractivity contribution >= 4 is 40.5 Å². The van der Waals surface area contributed by atoms with Crippen LogP contribution in [-0.4, -0.2) is 25.5 Å². The summed E-state index contributed by atoms with van der Waals surface area (Å²) in [5.74, 6) is 0.824. The van der Waals surface area contributed by atoms with Gasteiger partial charge in [0.2, 0.25) is 12.3 Å². The van der Waals surface area contributed by atoms with Gasteiger partial charge in [-0.1, -0.05) is 43.7 Å². The molecule has 0 radical (unpaired) electrons. The van der Waals surface area contributed by atoms with Crippen molar-refractivity contribution in [3.63, 3.8) is 0 Å². The maximum Gasteiger partial charge on any atom is 0.255 e. The van der Waals surface area contributed by atoms with Gasteiger partial charge in [-0.3, -0.25) is 14.5 Å². The molecular formula is C27H27N3O4. The number of anilines is 3. The van der Waals surface area contributed by atoms with Gasteiger partial charge in [0.1, 0.15) is 17.9 Å². The van der Waals surface area contributed by atoms with E-state index in [4.69, 9.17) is 14.9 Å². The predicted molar refractivity (Wildman–Crippen MR) is 134 cm³/mol. The summed E-state index contributed by atoms with van der Waals surface area (Å²) in [5.41, 5.74) is 9.37. The number of rotatable bonds is 10. The summed E-state index contributed by atoms with van der Waals surface area (Å²) in [6, 6.07) is 21.8. The number of benzene rings is 3.